The summed E-state index contributed by atoms with van der Waals surface area (Å²) >= 11 is 0. The average Bonchev–Trinajstić information content (AvgIpc) is 3.24. The van der Waals surface area contributed by atoms with E-state index in [-0.39, 0.29) is 53.8 Å². The number of benzene rings is 2. The van der Waals surface area contributed by atoms with Gasteiger partial charge in [0.2, 0.25) is 5.88 Å². The van der Waals surface area contributed by atoms with Crippen LogP contribution in [-0.2, 0) is 4.74 Å². The summed E-state index contributed by atoms with van der Waals surface area (Å²) in [6.07, 6.45) is 4.44. The molecule has 2 aromatic carbocycles. The summed E-state index contributed by atoms with van der Waals surface area (Å²) in [5.41, 5.74) is 4.91. The molecule has 190 valence electrons. The molecule has 3 aromatic rings. The Hall–Kier alpha value is -3.74. The molecule has 2 aliphatic heterocycles. The van der Waals surface area contributed by atoms with Crippen molar-refractivity contribution in [2.75, 3.05) is 13.7 Å². The first-order valence-corrected chi connectivity index (χ1v) is 12.9. The Morgan fingerprint density at radius 2 is 1.62 bits per heavy atom. The predicted molar refractivity (Wildman–Crippen MR) is 136 cm³/mol. The lowest BCUT2D eigenvalue weighted by Gasteiger charge is -2.47. The Morgan fingerprint density at radius 3 is 2.24 bits per heavy atom. The molecular formula is C30H29FN2O4. The highest BCUT2D eigenvalue weighted by molar-refractivity contribution is 6.00. The monoisotopic (exact) mass is 500 g/mol. The molecule has 2 saturated heterocycles. The minimum atomic E-state index is -0.569. The van der Waals surface area contributed by atoms with Crippen LogP contribution in [0.4, 0.5) is 9.18 Å². The molecule has 1 aromatic heterocycles. The number of rotatable bonds is 5. The summed E-state index contributed by atoms with van der Waals surface area (Å²) in [6.45, 7) is 0.275. The molecule has 37 heavy (non-hydrogen) atoms. The second-order valence-electron chi connectivity index (χ2n) is 10.2. The van der Waals surface area contributed by atoms with Crippen LogP contribution in [0, 0.1) is 11.7 Å². The molecular weight excluding hydrogens is 471 g/mol. The number of hydrogen-bond acceptors (Lipinski definition) is 5. The fourth-order valence-electron chi connectivity index (χ4n) is 6.55. The highest BCUT2D eigenvalue weighted by Gasteiger charge is 2.44. The van der Waals surface area contributed by atoms with Gasteiger partial charge in [-0.25, -0.2) is 14.2 Å². The van der Waals surface area contributed by atoms with Gasteiger partial charge < -0.3 is 14.4 Å². The zero-order valence-corrected chi connectivity index (χ0v) is 20.7. The first kappa shape index (κ1) is 23.6. The number of amides is 1. The number of ketones is 1. The van der Waals surface area contributed by atoms with Gasteiger partial charge in [0, 0.05) is 23.9 Å². The summed E-state index contributed by atoms with van der Waals surface area (Å²) in [5, 5.41) is 0. The van der Waals surface area contributed by atoms with E-state index in [1.807, 2.05) is 29.2 Å². The molecule has 0 spiro atoms. The van der Waals surface area contributed by atoms with Gasteiger partial charge in [0.25, 0.3) is 0 Å². The molecule has 0 saturated carbocycles. The van der Waals surface area contributed by atoms with Crippen LogP contribution in [0.25, 0.3) is 11.1 Å². The average molecular weight is 501 g/mol. The van der Waals surface area contributed by atoms with E-state index in [0.29, 0.717) is 12.8 Å². The lowest BCUT2D eigenvalue weighted by atomic mass is 9.76. The van der Waals surface area contributed by atoms with Crippen molar-refractivity contribution in [3.8, 4) is 17.0 Å². The standard InChI is InChI=1S/C30H29FN2O4/c1-36-29-26(15-19(31)16-32-29)28(34)18-13-20-7-6-8-21(14-18)33(20)30(35)37-17-27-24-11-4-2-9-22(24)23-10-3-5-12-25(23)27/h2-5,9-12,15-16,18,20-21,27H,6-8,13-14,17H2,1H3. The molecule has 0 N–H and O–H groups in total. The van der Waals surface area contributed by atoms with Crippen LogP contribution in [0.5, 0.6) is 5.88 Å². The van der Waals surface area contributed by atoms with Crippen molar-refractivity contribution in [2.24, 2.45) is 5.92 Å². The maximum absolute atomic E-state index is 13.9. The van der Waals surface area contributed by atoms with Gasteiger partial charge in [-0.2, -0.15) is 0 Å². The summed E-state index contributed by atoms with van der Waals surface area (Å²) < 4.78 is 25.1. The molecule has 2 bridgehead atoms. The maximum atomic E-state index is 13.9. The van der Waals surface area contributed by atoms with E-state index in [1.165, 1.54) is 35.4 Å². The summed E-state index contributed by atoms with van der Waals surface area (Å²) in [6, 6.07) is 17.6. The smallest absolute Gasteiger partial charge is 0.410 e. The first-order valence-electron chi connectivity index (χ1n) is 12.9. The van der Waals surface area contributed by atoms with E-state index in [9.17, 15) is 14.0 Å². The van der Waals surface area contributed by atoms with E-state index in [1.54, 1.807) is 0 Å². The minimum Gasteiger partial charge on any atom is -0.480 e. The number of methoxy groups -OCH3 is 1. The molecule has 2 atom stereocenters. The number of piperidine rings is 2. The molecule has 6 nitrogen and oxygen atoms in total. The number of pyridine rings is 1. The zero-order chi connectivity index (χ0) is 25.5. The third kappa shape index (κ3) is 4.16. The van der Waals surface area contributed by atoms with Crippen molar-refractivity contribution in [2.45, 2.75) is 50.1 Å². The van der Waals surface area contributed by atoms with Crippen LogP contribution in [0.1, 0.15) is 59.5 Å². The van der Waals surface area contributed by atoms with E-state index < -0.39 is 5.82 Å². The van der Waals surface area contributed by atoms with Crippen molar-refractivity contribution in [1.82, 2.24) is 9.88 Å². The fourth-order valence-corrected chi connectivity index (χ4v) is 6.55. The number of fused-ring (bicyclic) bond motifs is 5. The molecule has 0 radical (unpaired) electrons. The number of hydrogen-bond donors (Lipinski definition) is 0. The topological polar surface area (TPSA) is 68.7 Å². The van der Waals surface area contributed by atoms with E-state index in [2.05, 4.69) is 29.2 Å². The van der Waals surface area contributed by atoms with Gasteiger partial charge in [-0.05, 0) is 60.4 Å². The Morgan fingerprint density at radius 1 is 1.00 bits per heavy atom. The molecule has 2 unspecified atom stereocenters. The maximum Gasteiger partial charge on any atom is 0.410 e. The number of ether oxygens (including phenoxy) is 2. The summed E-state index contributed by atoms with van der Waals surface area (Å²) in [5.74, 6) is -0.919. The normalized spacial score (nSPS) is 22.2. The number of aromatic nitrogens is 1. The van der Waals surface area contributed by atoms with Crippen LogP contribution in [-0.4, -0.2) is 47.6 Å². The Bertz CT molecular complexity index is 1300. The second kappa shape index (κ2) is 9.61. The lowest BCUT2D eigenvalue weighted by Crippen LogP contribution is -2.55. The highest BCUT2D eigenvalue weighted by atomic mass is 19.1. The third-order valence-electron chi connectivity index (χ3n) is 8.17. The molecule has 3 heterocycles. The van der Waals surface area contributed by atoms with Gasteiger partial charge >= 0.3 is 6.09 Å². The van der Waals surface area contributed by atoms with Gasteiger partial charge in [-0.15, -0.1) is 0 Å². The van der Waals surface area contributed by atoms with Crippen LogP contribution in [0.15, 0.2) is 60.8 Å². The van der Waals surface area contributed by atoms with Crippen LogP contribution < -0.4 is 4.74 Å². The lowest BCUT2D eigenvalue weighted by molar-refractivity contribution is 0.00643. The quantitative estimate of drug-likeness (QED) is 0.402. The predicted octanol–water partition coefficient (Wildman–Crippen LogP) is 5.99. The van der Waals surface area contributed by atoms with Gasteiger partial charge in [0.05, 0.1) is 18.9 Å². The SMILES string of the molecule is COc1ncc(F)cc1C(=O)C1CC2CCCC(C1)N2C(=O)OCC1c2ccccc2-c2ccccc21. The van der Waals surface area contributed by atoms with E-state index in [4.69, 9.17) is 9.47 Å². The van der Waals surface area contributed by atoms with Crippen LogP contribution >= 0.6 is 0 Å². The molecule has 6 rings (SSSR count). The van der Waals surface area contributed by atoms with Crippen LogP contribution in [0.3, 0.4) is 0 Å². The largest absolute Gasteiger partial charge is 0.480 e. The fraction of sp³-hybridized carbons (Fsp3) is 0.367. The molecule has 1 amide bonds. The van der Waals surface area contributed by atoms with Crippen molar-refractivity contribution in [3.63, 3.8) is 0 Å². The van der Waals surface area contributed by atoms with E-state index >= 15 is 0 Å². The van der Waals surface area contributed by atoms with Gasteiger partial charge in [0.1, 0.15) is 12.4 Å². The molecule has 7 heteroatoms. The summed E-state index contributed by atoms with van der Waals surface area (Å²) in [4.78, 5) is 32.6. The number of halogens is 1. The molecule has 1 aliphatic carbocycles. The van der Waals surface area contributed by atoms with Gasteiger partial charge in [-0.3, -0.25) is 4.79 Å². The minimum absolute atomic E-state index is 0.00301. The summed E-state index contributed by atoms with van der Waals surface area (Å²) in [7, 11) is 1.42. The van der Waals surface area contributed by atoms with Crippen molar-refractivity contribution in [1.29, 1.82) is 0 Å². The third-order valence-corrected chi connectivity index (χ3v) is 8.17. The second-order valence-corrected chi connectivity index (χ2v) is 10.2. The van der Waals surface area contributed by atoms with Crippen molar-refractivity contribution < 1.29 is 23.5 Å². The zero-order valence-electron chi connectivity index (χ0n) is 20.7. The first-order chi connectivity index (χ1) is 18.0. The molecule has 3 aliphatic rings. The number of Topliss-reactive ketones (excluding diaryl/α,β-unsaturated/α-hetero) is 1. The van der Waals surface area contributed by atoms with Crippen LogP contribution in [0.2, 0.25) is 0 Å². The van der Waals surface area contributed by atoms with E-state index in [0.717, 1.165) is 25.5 Å². The Kier molecular flexibility index (Phi) is 6.14. The highest BCUT2D eigenvalue weighted by Crippen LogP contribution is 2.45. The van der Waals surface area contributed by atoms with Gasteiger partial charge in [-0.1, -0.05) is 48.5 Å². The Balaban J connectivity index is 1.17. The Labute approximate surface area is 215 Å². The van der Waals surface area contributed by atoms with Crippen molar-refractivity contribution in [3.05, 3.63) is 83.3 Å². The number of carbonyl (C=O) groups excluding carboxylic acids is 2. The van der Waals surface area contributed by atoms with Gasteiger partial charge in [0.15, 0.2) is 5.78 Å². The van der Waals surface area contributed by atoms with Crippen molar-refractivity contribution >= 4 is 11.9 Å². The number of nitrogens with zero attached hydrogens (tertiary/aromatic N) is 2. The number of carbonyl (C=O) groups is 2. The molecule has 2 fully saturated rings.